The van der Waals surface area contributed by atoms with Crippen LogP contribution >= 0.6 is 15.9 Å². The number of nitrogens with zero attached hydrogens (tertiary/aromatic N) is 2. The van der Waals surface area contributed by atoms with Gasteiger partial charge in [-0.25, -0.2) is 0 Å². The van der Waals surface area contributed by atoms with Gasteiger partial charge >= 0.3 is 5.97 Å². The fourth-order valence-corrected chi connectivity index (χ4v) is 2.34. The second kappa shape index (κ2) is 4.82. The Labute approximate surface area is 102 Å². The van der Waals surface area contributed by atoms with Crippen LogP contribution in [0.3, 0.4) is 0 Å². The second-order valence-electron chi connectivity index (χ2n) is 3.98. The Bertz CT molecular complexity index is 397. The first-order chi connectivity index (χ1) is 7.66. The Kier molecular flexibility index (Phi) is 3.43. The van der Waals surface area contributed by atoms with Crippen molar-refractivity contribution in [3.63, 3.8) is 0 Å². The highest BCUT2D eigenvalue weighted by molar-refractivity contribution is 9.10. The lowest BCUT2D eigenvalue weighted by Crippen LogP contribution is -2.38. The van der Waals surface area contributed by atoms with Crippen LogP contribution in [0, 0.1) is 5.92 Å². The van der Waals surface area contributed by atoms with Crippen LogP contribution in [0.4, 0.5) is 5.69 Å². The zero-order chi connectivity index (χ0) is 11.5. The van der Waals surface area contributed by atoms with Gasteiger partial charge in [-0.3, -0.25) is 9.78 Å². The van der Waals surface area contributed by atoms with E-state index in [1.54, 1.807) is 12.4 Å². The third-order valence-electron chi connectivity index (χ3n) is 2.83. The third kappa shape index (κ3) is 2.52. The van der Waals surface area contributed by atoms with E-state index in [-0.39, 0.29) is 5.92 Å². The van der Waals surface area contributed by atoms with E-state index in [1.807, 2.05) is 6.07 Å². The Morgan fingerprint density at radius 1 is 1.56 bits per heavy atom. The predicted molar refractivity (Wildman–Crippen MR) is 64.5 cm³/mol. The van der Waals surface area contributed by atoms with Crippen molar-refractivity contribution in [2.45, 2.75) is 12.8 Å². The molecule has 1 aromatic rings. The molecular weight excluding hydrogens is 272 g/mol. The van der Waals surface area contributed by atoms with E-state index in [1.165, 1.54) is 0 Å². The van der Waals surface area contributed by atoms with Crippen molar-refractivity contribution in [1.29, 1.82) is 0 Å². The SMILES string of the molecule is O=C(O)C1CCCN(c2cncc(Br)c2)C1. The normalized spacial score (nSPS) is 20.8. The lowest BCUT2D eigenvalue weighted by atomic mass is 9.98. The van der Waals surface area contributed by atoms with Crippen LogP contribution in [0.25, 0.3) is 0 Å². The Balaban J connectivity index is 2.12. The quantitative estimate of drug-likeness (QED) is 0.904. The van der Waals surface area contributed by atoms with Gasteiger partial charge in [0, 0.05) is 23.8 Å². The molecular formula is C11H13BrN2O2. The Morgan fingerprint density at radius 2 is 2.38 bits per heavy atom. The molecule has 0 aliphatic carbocycles. The van der Waals surface area contributed by atoms with Gasteiger partial charge in [0.2, 0.25) is 0 Å². The predicted octanol–water partition coefficient (Wildman–Crippen LogP) is 2.15. The molecule has 1 aliphatic rings. The van der Waals surface area contributed by atoms with Gasteiger partial charge in [-0.2, -0.15) is 0 Å². The molecule has 0 saturated carbocycles. The summed E-state index contributed by atoms with van der Waals surface area (Å²) in [4.78, 5) is 17.1. The summed E-state index contributed by atoms with van der Waals surface area (Å²) in [6, 6.07) is 1.97. The molecule has 0 amide bonds. The average Bonchev–Trinajstić information content (AvgIpc) is 2.29. The van der Waals surface area contributed by atoms with Gasteiger partial charge in [-0.05, 0) is 34.8 Å². The molecule has 1 saturated heterocycles. The van der Waals surface area contributed by atoms with Crippen LogP contribution < -0.4 is 4.90 Å². The van der Waals surface area contributed by atoms with E-state index < -0.39 is 5.97 Å². The topological polar surface area (TPSA) is 53.4 Å². The molecule has 1 N–H and O–H groups in total. The summed E-state index contributed by atoms with van der Waals surface area (Å²) in [5.41, 5.74) is 0.986. The monoisotopic (exact) mass is 284 g/mol. The summed E-state index contributed by atoms with van der Waals surface area (Å²) in [6.07, 6.45) is 5.19. The highest BCUT2D eigenvalue weighted by atomic mass is 79.9. The summed E-state index contributed by atoms with van der Waals surface area (Å²) in [5, 5.41) is 9.01. The van der Waals surface area contributed by atoms with E-state index >= 15 is 0 Å². The number of aromatic nitrogens is 1. The zero-order valence-electron chi connectivity index (χ0n) is 8.77. The number of carboxylic acid groups (broad SMARTS) is 1. The minimum absolute atomic E-state index is 0.257. The molecule has 5 heteroatoms. The number of aliphatic carboxylic acids is 1. The first-order valence-electron chi connectivity index (χ1n) is 5.25. The van der Waals surface area contributed by atoms with Crippen molar-refractivity contribution in [2.24, 2.45) is 5.92 Å². The number of piperidine rings is 1. The van der Waals surface area contributed by atoms with Crippen LogP contribution in [-0.4, -0.2) is 29.1 Å². The highest BCUT2D eigenvalue weighted by Crippen LogP contribution is 2.24. The lowest BCUT2D eigenvalue weighted by molar-refractivity contribution is -0.141. The molecule has 1 fully saturated rings. The number of carboxylic acids is 1. The van der Waals surface area contributed by atoms with Crippen molar-refractivity contribution in [1.82, 2.24) is 4.98 Å². The van der Waals surface area contributed by atoms with Crippen molar-refractivity contribution in [2.75, 3.05) is 18.0 Å². The zero-order valence-corrected chi connectivity index (χ0v) is 10.4. The molecule has 1 unspecified atom stereocenters. The molecule has 2 heterocycles. The molecule has 1 aromatic heterocycles. The Hall–Kier alpha value is -1.10. The third-order valence-corrected chi connectivity index (χ3v) is 3.26. The van der Waals surface area contributed by atoms with Gasteiger partial charge in [0.05, 0.1) is 17.8 Å². The van der Waals surface area contributed by atoms with E-state index in [9.17, 15) is 4.79 Å². The van der Waals surface area contributed by atoms with Crippen LogP contribution in [0.15, 0.2) is 22.9 Å². The molecule has 1 atom stereocenters. The van der Waals surface area contributed by atoms with Crippen molar-refractivity contribution in [3.05, 3.63) is 22.9 Å². The first kappa shape index (κ1) is 11.4. The molecule has 0 bridgehead atoms. The van der Waals surface area contributed by atoms with Gasteiger partial charge in [0.1, 0.15) is 0 Å². The molecule has 0 spiro atoms. The molecule has 1 aliphatic heterocycles. The molecule has 2 rings (SSSR count). The lowest BCUT2D eigenvalue weighted by Gasteiger charge is -2.32. The van der Waals surface area contributed by atoms with Gasteiger partial charge < -0.3 is 10.0 Å². The van der Waals surface area contributed by atoms with Crippen LogP contribution in [-0.2, 0) is 4.79 Å². The summed E-state index contributed by atoms with van der Waals surface area (Å²) >= 11 is 3.37. The maximum Gasteiger partial charge on any atom is 0.308 e. The summed E-state index contributed by atoms with van der Waals surface area (Å²) in [5.74, 6) is -0.958. The van der Waals surface area contributed by atoms with Gasteiger partial charge in [-0.15, -0.1) is 0 Å². The van der Waals surface area contributed by atoms with Crippen LogP contribution in [0.5, 0.6) is 0 Å². The number of pyridine rings is 1. The molecule has 0 radical (unpaired) electrons. The standard InChI is InChI=1S/C11H13BrN2O2/c12-9-4-10(6-13-5-9)14-3-1-2-8(7-14)11(15)16/h4-6,8H,1-3,7H2,(H,15,16). The fourth-order valence-electron chi connectivity index (χ4n) is 1.99. The number of carbonyl (C=O) groups is 1. The van der Waals surface area contributed by atoms with Gasteiger partial charge in [-0.1, -0.05) is 0 Å². The smallest absolute Gasteiger partial charge is 0.308 e. The molecule has 86 valence electrons. The second-order valence-corrected chi connectivity index (χ2v) is 4.90. The van der Waals surface area contributed by atoms with E-state index in [0.717, 1.165) is 29.5 Å². The van der Waals surface area contributed by atoms with Gasteiger partial charge in [0.15, 0.2) is 0 Å². The number of anilines is 1. The van der Waals surface area contributed by atoms with Gasteiger partial charge in [0.25, 0.3) is 0 Å². The van der Waals surface area contributed by atoms with Crippen LogP contribution in [0.2, 0.25) is 0 Å². The minimum Gasteiger partial charge on any atom is -0.481 e. The Morgan fingerprint density at radius 3 is 3.06 bits per heavy atom. The van der Waals surface area contributed by atoms with Crippen LogP contribution in [0.1, 0.15) is 12.8 Å². The largest absolute Gasteiger partial charge is 0.481 e. The number of hydrogen-bond donors (Lipinski definition) is 1. The van der Waals surface area contributed by atoms with E-state index in [0.29, 0.717) is 6.54 Å². The molecule has 16 heavy (non-hydrogen) atoms. The number of rotatable bonds is 2. The van der Waals surface area contributed by atoms with E-state index in [4.69, 9.17) is 5.11 Å². The minimum atomic E-state index is -0.701. The fraction of sp³-hybridized carbons (Fsp3) is 0.455. The van der Waals surface area contributed by atoms with Crippen molar-refractivity contribution in [3.8, 4) is 0 Å². The summed E-state index contributed by atoms with van der Waals surface area (Å²) < 4.78 is 0.919. The average molecular weight is 285 g/mol. The van der Waals surface area contributed by atoms with E-state index in [2.05, 4.69) is 25.8 Å². The number of halogens is 1. The van der Waals surface area contributed by atoms with Crippen molar-refractivity contribution >= 4 is 27.6 Å². The first-order valence-corrected chi connectivity index (χ1v) is 6.04. The number of hydrogen-bond acceptors (Lipinski definition) is 3. The van der Waals surface area contributed by atoms with Crippen molar-refractivity contribution < 1.29 is 9.90 Å². The molecule has 4 nitrogen and oxygen atoms in total. The maximum absolute atomic E-state index is 10.9. The molecule has 0 aromatic carbocycles. The highest BCUT2D eigenvalue weighted by Gasteiger charge is 2.25. The summed E-state index contributed by atoms with van der Waals surface area (Å²) in [7, 11) is 0. The summed E-state index contributed by atoms with van der Waals surface area (Å²) in [6.45, 7) is 1.48. The maximum atomic E-state index is 10.9.